The van der Waals surface area contributed by atoms with Crippen LogP contribution in [0.25, 0.3) is 0 Å². The molecule has 0 aromatic carbocycles. The average molecular weight is 250 g/mol. The molecular formula is C12H18N4O2. The molecule has 0 unspecified atom stereocenters. The number of hydrogen-bond acceptors (Lipinski definition) is 3. The van der Waals surface area contributed by atoms with Gasteiger partial charge in [-0.1, -0.05) is 0 Å². The van der Waals surface area contributed by atoms with E-state index in [-0.39, 0.29) is 24.4 Å². The fourth-order valence-electron chi connectivity index (χ4n) is 2.15. The Morgan fingerprint density at radius 1 is 1.39 bits per heavy atom. The Labute approximate surface area is 106 Å². The zero-order valence-corrected chi connectivity index (χ0v) is 10.5. The van der Waals surface area contributed by atoms with Crippen LogP contribution in [-0.2, 0) is 16.1 Å². The number of rotatable bonds is 3. The molecule has 18 heavy (non-hydrogen) atoms. The number of carbonyl (C=O) groups is 2. The molecule has 0 aliphatic carbocycles. The minimum absolute atomic E-state index is 0.0278. The molecule has 2 heterocycles. The summed E-state index contributed by atoms with van der Waals surface area (Å²) >= 11 is 0. The van der Waals surface area contributed by atoms with Gasteiger partial charge < -0.3 is 10.2 Å². The third-order valence-electron chi connectivity index (χ3n) is 3.17. The topological polar surface area (TPSA) is 67.2 Å². The normalized spacial score (nSPS) is 16.6. The number of aromatic nitrogens is 2. The molecule has 1 aliphatic heterocycles. The van der Waals surface area contributed by atoms with Crippen LogP contribution in [0, 0.1) is 0 Å². The Morgan fingerprint density at radius 3 is 2.67 bits per heavy atom. The van der Waals surface area contributed by atoms with E-state index in [1.807, 2.05) is 4.90 Å². The van der Waals surface area contributed by atoms with Crippen LogP contribution in [0.2, 0.25) is 0 Å². The predicted octanol–water partition coefficient (Wildman–Crippen LogP) is 0.0102. The molecule has 1 aliphatic rings. The molecule has 0 bridgehead atoms. The maximum atomic E-state index is 11.7. The van der Waals surface area contributed by atoms with Crippen LogP contribution >= 0.6 is 0 Å². The molecule has 6 heteroatoms. The van der Waals surface area contributed by atoms with Gasteiger partial charge in [-0.15, -0.1) is 0 Å². The van der Waals surface area contributed by atoms with E-state index in [9.17, 15) is 9.59 Å². The summed E-state index contributed by atoms with van der Waals surface area (Å²) in [4.78, 5) is 24.7. The van der Waals surface area contributed by atoms with Crippen LogP contribution in [0.4, 0.5) is 0 Å². The number of likely N-dealkylation sites (tertiary alicyclic amines) is 1. The molecule has 0 atom stereocenters. The highest BCUT2D eigenvalue weighted by atomic mass is 16.2. The Balaban J connectivity index is 1.74. The predicted molar refractivity (Wildman–Crippen MR) is 65.6 cm³/mol. The summed E-state index contributed by atoms with van der Waals surface area (Å²) in [6.45, 7) is 3.28. The number of piperidine rings is 1. The van der Waals surface area contributed by atoms with Gasteiger partial charge in [-0.25, -0.2) is 0 Å². The summed E-state index contributed by atoms with van der Waals surface area (Å²) in [5.41, 5.74) is 0. The lowest BCUT2D eigenvalue weighted by molar-refractivity contribution is -0.130. The Bertz CT molecular complexity index is 408. The van der Waals surface area contributed by atoms with Gasteiger partial charge in [0.1, 0.15) is 6.54 Å². The summed E-state index contributed by atoms with van der Waals surface area (Å²) in [6.07, 6.45) is 5.06. The highest BCUT2D eigenvalue weighted by Crippen LogP contribution is 2.10. The van der Waals surface area contributed by atoms with Crippen molar-refractivity contribution in [2.45, 2.75) is 32.4 Å². The van der Waals surface area contributed by atoms with E-state index in [0.717, 1.165) is 25.9 Å². The number of carbonyl (C=O) groups excluding carboxylic acids is 2. The lowest BCUT2D eigenvalue weighted by atomic mass is 10.1. The smallest absolute Gasteiger partial charge is 0.241 e. The highest BCUT2D eigenvalue weighted by Gasteiger charge is 2.21. The number of nitrogens with one attached hydrogen (secondary N) is 1. The fourth-order valence-corrected chi connectivity index (χ4v) is 2.15. The van der Waals surface area contributed by atoms with Crippen molar-refractivity contribution in [3.05, 3.63) is 18.5 Å². The lowest BCUT2D eigenvalue weighted by Gasteiger charge is -2.31. The zero-order chi connectivity index (χ0) is 13.0. The average Bonchev–Trinajstić information content (AvgIpc) is 2.82. The SMILES string of the molecule is CC(=O)N1CCC(NC(=O)Cn2cccn2)CC1. The van der Waals surface area contributed by atoms with Crippen molar-refractivity contribution in [3.63, 3.8) is 0 Å². The summed E-state index contributed by atoms with van der Waals surface area (Å²) < 4.78 is 1.60. The van der Waals surface area contributed by atoms with Gasteiger partial charge in [0.05, 0.1) is 0 Å². The van der Waals surface area contributed by atoms with Crippen molar-refractivity contribution < 1.29 is 9.59 Å². The van der Waals surface area contributed by atoms with E-state index >= 15 is 0 Å². The number of hydrogen-bond donors (Lipinski definition) is 1. The second-order valence-electron chi connectivity index (χ2n) is 4.55. The van der Waals surface area contributed by atoms with Crippen LogP contribution in [0.1, 0.15) is 19.8 Å². The first kappa shape index (κ1) is 12.6. The standard InChI is InChI=1S/C12H18N4O2/c1-10(17)15-7-3-11(4-8-15)14-12(18)9-16-6-2-5-13-16/h2,5-6,11H,3-4,7-9H2,1H3,(H,14,18). The van der Waals surface area contributed by atoms with Gasteiger partial charge in [-0.05, 0) is 18.9 Å². The van der Waals surface area contributed by atoms with Gasteiger partial charge in [-0.3, -0.25) is 14.3 Å². The molecule has 1 saturated heterocycles. The molecule has 0 spiro atoms. The molecule has 6 nitrogen and oxygen atoms in total. The summed E-state index contributed by atoms with van der Waals surface area (Å²) in [7, 11) is 0. The molecule has 1 N–H and O–H groups in total. The zero-order valence-electron chi connectivity index (χ0n) is 10.5. The van der Waals surface area contributed by atoms with Gasteiger partial charge in [0.25, 0.3) is 0 Å². The minimum Gasteiger partial charge on any atom is -0.352 e. The third-order valence-corrected chi connectivity index (χ3v) is 3.17. The molecule has 0 radical (unpaired) electrons. The quantitative estimate of drug-likeness (QED) is 0.821. The minimum atomic E-state index is -0.0278. The van der Waals surface area contributed by atoms with E-state index in [4.69, 9.17) is 0 Å². The van der Waals surface area contributed by atoms with Crippen LogP contribution in [-0.4, -0.2) is 45.6 Å². The van der Waals surface area contributed by atoms with Crippen LogP contribution in [0.3, 0.4) is 0 Å². The molecule has 2 rings (SSSR count). The molecule has 2 amide bonds. The maximum Gasteiger partial charge on any atom is 0.241 e. The summed E-state index contributed by atoms with van der Waals surface area (Å²) in [5, 5.41) is 6.97. The van der Waals surface area contributed by atoms with Crippen molar-refractivity contribution in [1.82, 2.24) is 20.0 Å². The van der Waals surface area contributed by atoms with Crippen LogP contribution < -0.4 is 5.32 Å². The maximum absolute atomic E-state index is 11.7. The lowest BCUT2D eigenvalue weighted by Crippen LogP contribution is -2.46. The molecule has 1 aromatic heterocycles. The van der Waals surface area contributed by atoms with Gasteiger partial charge in [0.2, 0.25) is 11.8 Å². The second kappa shape index (κ2) is 5.66. The van der Waals surface area contributed by atoms with Crippen molar-refractivity contribution in [2.24, 2.45) is 0 Å². The van der Waals surface area contributed by atoms with E-state index in [1.165, 1.54) is 0 Å². The first-order valence-electron chi connectivity index (χ1n) is 6.17. The Morgan fingerprint density at radius 2 is 2.11 bits per heavy atom. The highest BCUT2D eigenvalue weighted by molar-refractivity contribution is 5.76. The van der Waals surface area contributed by atoms with Gasteiger partial charge >= 0.3 is 0 Å². The molecule has 1 fully saturated rings. The van der Waals surface area contributed by atoms with Crippen LogP contribution in [0.5, 0.6) is 0 Å². The Kier molecular flexibility index (Phi) is 3.96. The van der Waals surface area contributed by atoms with E-state index < -0.39 is 0 Å². The van der Waals surface area contributed by atoms with Gasteiger partial charge in [-0.2, -0.15) is 5.10 Å². The molecule has 98 valence electrons. The summed E-state index contributed by atoms with van der Waals surface area (Å²) in [5.74, 6) is 0.0799. The van der Waals surface area contributed by atoms with Crippen molar-refractivity contribution in [1.29, 1.82) is 0 Å². The summed E-state index contributed by atoms with van der Waals surface area (Å²) in [6, 6.07) is 1.96. The van der Waals surface area contributed by atoms with Crippen LogP contribution in [0.15, 0.2) is 18.5 Å². The largest absolute Gasteiger partial charge is 0.352 e. The Hall–Kier alpha value is -1.85. The fraction of sp³-hybridized carbons (Fsp3) is 0.583. The van der Waals surface area contributed by atoms with Gasteiger partial charge in [0.15, 0.2) is 0 Å². The number of amides is 2. The molecule has 1 aromatic rings. The van der Waals surface area contributed by atoms with E-state index in [2.05, 4.69) is 10.4 Å². The number of nitrogens with zero attached hydrogens (tertiary/aromatic N) is 3. The van der Waals surface area contributed by atoms with Crippen molar-refractivity contribution >= 4 is 11.8 Å². The first-order valence-corrected chi connectivity index (χ1v) is 6.17. The van der Waals surface area contributed by atoms with E-state index in [1.54, 1.807) is 30.1 Å². The molecule has 0 saturated carbocycles. The van der Waals surface area contributed by atoms with Gasteiger partial charge in [0, 0.05) is 38.4 Å². The third kappa shape index (κ3) is 3.32. The molecular weight excluding hydrogens is 232 g/mol. The van der Waals surface area contributed by atoms with Crippen molar-refractivity contribution in [3.8, 4) is 0 Å². The monoisotopic (exact) mass is 250 g/mol. The van der Waals surface area contributed by atoms with Crippen molar-refractivity contribution in [2.75, 3.05) is 13.1 Å². The van der Waals surface area contributed by atoms with E-state index in [0.29, 0.717) is 0 Å². The second-order valence-corrected chi connectivity index (χ2v) is 4.55. The first-order chi connectivity index (χ1) is 8.65.